The number of hydrogen-bond donors (Lipinski definition) is 0. The van der Waals surface area contributed by atoms with Gasteiger partial charge in [0.15, 0.2) is 0 Å². The number of hydrogen-bond acceptors (Lipinski definition) is 4. The van der Waals surface area contributed by atoms with Crippen LogP contribution in [0.2, 0.25) is 0 Å². The van der Waals surface area contributed by atoms with Gasteiger partial charge in [-0.05, 0) is 32.9 Å². The van der Waals surface area contributed by atoms with Gasteiger partial charge in [-0.2, -0.15) is 10.2 Å². The minimum atomic E-state index is -0.344. The number of halogens is 1. The van der Waals surface area contributed by atoms with Crippen molar-refractivity contribution < 1.29 is 13.9 Å². The molecule has 1 aromatic carbocycles. The Morgan fingerprint density at radius 1 is 1.21 bits per heavy atom. The van der Waals surface area contributed by atoms with Crippen LogP contribution in [0, 0.1) is 26.6 Å². The Labute approximate surface area is 168 Å². The Bertz CT molecular complexity index is 1070. The second kappa shape index (κ2) is 7.44. The summed E-state index contributed by atoms with van der Waals surface area (Å²) in [5, 5.41) is 8.77. The van der Waals surface area contributed by atoms with Gasteiger partial charge in [-0.15, -0.1) is 0 Å². The molecule has 29 heavy (non-hydrogen) atoms. The van der Waals surface area contributed by atoms with Crippen molar-refractivity contribution in [3.8, 4) is 5.69 Å². The van der Waals surface area contributed by atoms with E-state index in [0.717, 1.165) is 22.6 Å². The molecule has 1 amide bonds. The second-order valence-corrected chi connectivity index (χ2v) is 7.30. The van der Waals surface area contributed by atoms with E-state index >= 15 is 0 Å². The van der Waals surface area contributed by atoms with Crippen molar-refractivity contribution in [2.75, 3.05) is 19.8 Å². The Hall–Kier alpha value is -3.00. The molecule has 1 aliphatic heterocycles. The zero-order chi connectivity index (χ0) is 20.7. The lowest BCUT2D eigenvalue weighted by atomic mass is 10.0. The maximum absolute atomic E-state index is 14.4. The summed E-state index contributed by atoms with van der Waals surface area (Å²) in [7, 11) is 1.82. The molecule has 8 heteroatoms. The van der Waals surface area contributed by atoms with Crippen LogP contribution in [0.25, 0.3) is 5.69 Å². The number of para-hydroxylation sites is 1. The molecule has 0 N–H and O–H groups in total. The van der Waals surface area contributed by atoms with E-state index in [4.69, 9.17) is 4.74 Å². The normalized spacial score (nSPS) is 17.0. The average molecular weight is 397 g/mol. The quantitative estimate of drug-likeness (QED) is 0.682. The fraction of sp³-hybridized carbons (Fsp3) is 0.381. The molecule has 2 aromatic heterocycles. The number of carbonyl (C=O) groups excluding carboxylic acids is 1. The molecule has 7 nitrogen and oxygen atoms in total. The summed E-state index contributed by atoms with van der Waals surface area (Å²) in [5.41, 5.74) is 4.22. The summed E-state index contributed by atoms with van der Waals surface area (Å²) >= 11 is 0. The number of benzene rings is 1. The van der Waals surface area contributed by atoms with E-state index in [1.54, 1.807) is 33.8 Å². The molecule has 1 atom stereocenters. The minimum Gasteiger partial charge on any atom is -0.377 e. The number of morpholine rings is 1. The number of carbonyl (C=O) groups is 1. The zero-order valence-corrected chi connectivity index (χ0v) is 17.0. The third-order valence-electron chi connectivity index (χ3n) is 5.62. The SMILES string of the molecule is Cc1nn(-c2ccccc2F)c(C)c1[C@H]1COCCN1C(=O)c1cnn(C)c1C. The molecular formula is C21H24FN5O2. The molecule has 152 valence electrons. The van der Waals surface area contributed by atoms with Gasteiger partial charge in [0, 0.05) is 30.5 Å². The zero-order valence-electron chi connectivity index (χ0n) is 17.0. The van der Waals surface area contributed by atoms with Crippen molar-refractivity contribution in [3.63, 3.8) is 0 Å². The molecule has 3 heterocycles. The minimum absolute atomic E-state index is 0.0821. The van der Waals surface area contributed by atoms with Crippen LogP contribution in [0.1, 0.15) is 39.0 Å². The molecule has 0 bridgehead atoms. The average Bonchev–Trinajstić information content (AvgIpc) is 3.20. The fourth-order valence-electron chi connectivity index (χ4n) is 3.94. The predicted octanol–water partition coefficient (Wildman–Crippen LogP) is 2.88. The van der Waals surface area contributed by atoms with Crippen LogP contribution in [0.5, 0.6) is 0 Å². The van der Waals surface area contributed by atoms with Crippen LogP contribution in [-0.2, 0) is 11.8 Å². The number of ether oxygens (including phenoxy) is 1. The molecule has 0 saturated carbocycles. The van der Waals surface area contributed by atoms with Crippen molar-refractivity contribution in [1.29, 1.82) is 0 Å². The number of rotatable bonds is 3. The van der Waals surface area contributed by atoms with Crippen LogP contribution < -0.4 is 0 Å². The monoisotopic (exact) mass is 397 g/mol. The Morgan fingerprint density at radius 3 is 2.66 bits per heavy atom. The number of aromatic nitrogens is 4. The van der Waals surface area contributed by atoms with Gasteiger partial charge in [0.05, 0.1) is 36.7 Å². The molecule has 0 radical (unpaired) electrons. The van der Waals surface area contributed by atoms with Crippen LogP contribution in [-0.4, -0.2) is 50.1 Å². The van der Waals surface area contributed by atoms with Crippen molar-refractivity contribution in [3.05, 3.63) is 64.5 Å². The maximum Gasteiger partial charge on any atom is 0.257 e. The highest BCUT2D eigenvalue weighted by molar-refractivity contribution is 5.95. The topological polar surface area (TPSA) is 65.2 Å². The van der Waals surface area contributed by atoms with Gasteiger partial charge in [-0.3, -0.25) is 9.48 Å². The van der Waals surface area contributed by atoms with Crippen molar-refractivity contribution in [1.82, 2.24) is 24.5 Å². The standard InChI is InChI=1S/C21H24FN5O2/c1-13-20(15(3)27(24-13)18-8-6-5-7-17(18)22)19-12-29-10-9-26(19)21(28)16-11-23-25(4)14(16)2/h5-8,11,19H,9-10,12H2,1-4H3/t19-/m1/s1. The highest BCUT2D eigenvalue weighted by atomic mass is 19.1. The summed E-state index contributed by atoms with van der Waals surface area (Å²) in [5.74, 6) is -0.426. The summed E-state index contributed by atoms with van der Waals surface area (Å²) in [4.78, 5) is 15.1. The lowest BCUT2D eigenvalue weighted by molar-refractivity contribution is -0.00308. The lowest BCUT2D eigenvalue weighted by Gasteiger charge is -2.36. The molecule has 0 unspecified atom stereocenters. The Balaban J connectivity index is 1.75. The highest BCUT2D eigenvalue weighted by Gasteiger charge is 2.34. The second-order valence-electron chi connectivity index (χ2n) is 7.30. The lowest BCUT2D eigenvalue weighted by Crippen LogP contribution is -2.44. The van der Waals surface area contributed by atoms with Crippen molar-refractivity contribution >= 4 is 5.91 Å². The number of aryl methyl sites for hydroxylation is 2. The first kappa shape index (κ1) is 19.3. The third-order valence-corrected chi connectivity index (χ3v) is 5.62. The van der Waals surface area contributed by atoms with E-state index in [1.165, 1.54) is 6.07 Å². The number of nitrogens with zero attached hydrogens (tertiary/aromatic N) is 5. The molecule has 1 aliphatic rings. The van der Waals surface area contributed by atoms with Gasteiger partial charge < -0.3 is 9.64 Å². The molecule has 3 aromatic rings. The Kier molecular flexibility index (Phi) is 4.96. The first-order valence-corrected chi connectivity index (χ1v) is 9.58. The first-order valence-electron chi connectivity index (χ1n) is 9.58. The molecule has 1 fully saturated rings. The van der Waals surface area contributed by atoms with E-state index in [2.05, 4.69) is 10.2 Å². The van der Waals surface area contributed by atoms with Crippen LogP contribution in [0.3, 0.4) is 0 Å². The molecular weight excluding hydrogens is 373 g/mol. The van der Waals surface area contributed by atoms with E-state index in [-0.39, 0.29) is 17.8 Å². The maximum atomic E-state index is 14.4. The molecule has 4 rings (SSSR count). The Morgan fingerprint density at radius 2 is 1.97 bits per heavy atom. The summed E-state index contributed by atoms with van der Waals surface area (Å²) in [6, 6.07) is 6.24. The van der Waals surface area contributed by atoms with Gasteiger partial charge in [0.2, 0.25) is 0 Å². The van der Waals surface area contributed by atoms with Gasteiger partial charge >= 0.3 is 0 Å². The van der Waals surface area contributed by atoms with Crippen LogP contribution >= 0.6 is 0 Å². The van der Waals surface area contributed by atoms with Gasteiger partial charge in [-0.1, -0.05) is 12.1 Å². The molecule has 1 saturated heterocycles. The van der Waals surface area contributed by atoms with E-state index in [9.17, 15) is 9.18 Å². The van der Waals surface area contributed by atoms with Crippen LogP contribution in [0.15, 0.2) is 30.5 Å². The highest BCUT2D eigenvalue weighted by Crippen LogP contribution is 2.32. The molecule has 0 spiro atoms. The van der Waals surface area contributed by atoms with Crippen molar-refractivity contribution in [2.24, 2.45) is 7.05 Å². The smallest absolute Gasteiger partial charge is 0.257 e. The van der Waals surface area contributed by atoms with E-state index in [1.807, 2.05) is 32.7 Å². The van der Waals surface area contributed by atoms with Gasteiger partial charge in [0.1, 0.15) is 11.5 Å². The summed E-state index contributed by atoms with van der Waals surface area (Å²) < 4.78 is 23.4. The van der Waals surface area contributed by atoms with Gasteiger partial charge in [-0.25, -0.2) is 9.07 Å². The van der Waals surface area contributed by atoms with Gasteiger partial charge in [0.25, 0.3) is 5.91 Å². The number of amides is 1. The predicted molar refractivity (Wildman–Crippen MR) is 106 cm³/mol. The first-order chi connectivity index (χ1) is 13.9. The summed E-state index contributed by atoms with van der Waals surface area (Å²) in [6.45, 7) is 6.97. The molecule has 0 aliphatic carbocycles. The summed E-state index contributed by atoms with van der Waals surface area (Å²) in [6.07, 6.45) is 1.60. The fourth-order valence-corrected chi connectivity index (χ4v) is 3.94. The van der Waals surface area contributed by atoms with E-state index in [0.29, 0.717) is 31.0 Å². The van der Waals surface area contributed by atoms with Crippen molar-refractivity contribution in [2.45, 2.75) is 26.8 Å². The third kappa shape index (κ3) is 3.23. The van der Waals surface area contributed by atoms with E-state index < -0.39 is 0 Å². The largest absolute Gasteiger partial charge is 0.377 e. The van der Waals surface area contributed by atoms with Crippen LogP contribution in [0.4, 0.5) is 4.39 Å².